The summed E-state index contributed by atoms with van der Waals surface area (Å²) in [6, 6.07) is 6.68. The fourth-order valence-electron chi connectivity index (χ4n) is 1.56. The zero-order chi connectivity index (χ0) is 12.1. The van der Waals surface area contributed by atoms with Gasteiger partial charge in [-0.15, -0.1) is 0 Å². The van der Waals surface area contributed by atoms with Crippen LogP contribution in [0.5, 0.6) is 0 Å². The molecule has 1 aromatic carbocycles. The predicted octanol–water partition coefficient (Wildman–Crippen LogP) is 2.47. The Hall–Kier alpha value is -1.81. The predicted molar refractivity (Wildman–Crippen MR) is 63.7 cm³/mol. The first-order valence-corrected chi connectivity index (χ1v) is 5.48. The lowest BCUT2D eigenvalue weighted by Crippen LogP contribution is -2.18. The summed E-state index contributed by atoms with van der Waals surface area (Å²) in [5.41, 5.74) is 2.09. The maximum atomic E-state index is 12.8. The number of halogens is 1. The molecule has 0 radical (unpaired) electrons. The Balaban J connectivity index is 1.93. The normalized spacial score (nSPS) is 12.4. The molecular weight excluding hydrogens is 217 g/mol. The van der Waals surface area contributed by atoms with Crippen molar-refractivity contribution in [3.63, 3.8) is 0 Å². The van der Waals surface area contributed by atoms with Crippen molar-refractivity contribution in [2.75, 3.05) is 0 Å². The lowest BCUT2D eigenvalue weighted by atomic mass is 10.1. The van der Waals surface area contributed by atoms with Crippen molar-refractivity contribution < 1.29 is 4.39 Å². The van der Waals surface area contributed by atoms with Crippen LogP contribution in [0.1, 0.15) is 24.1 Å². The number of benzene rings is 1. The van der Waals surface area contributed by atoms with Crippen LogP contribution < -0.4 is 5.32 Å². The minimum absolute atomic E-state index is 0.163. The third-order valence-corrected chi connectivity index (χ3v) is 2.60. The van der Waals surface area contributed by atoms with Gasteiger partial charge < -0.3 is 5.32 Å². The van der Waals surface area contributed by atoms with E-state index in [0.717, 1.165) is 11.1 Å². The molecule has 0 amide bonds. The van der Waals surface area contributed by atoms with Crippen molar-refractivity contribution in [2.45, 2.75) is 19.5 Å². The Morgan fingerprint density at radius 3 is 2.47 bits per heavy atom. The molecule has 0 aliphatic heterocycles. The van der Waals surface area contributed by atoms with Gasteiger partial charge in [0.25, 0.3) is 0 Å². The van der Waals surface area contributed by atoms with Crippen LogP contribution in [0.2, 0.25) is 0 Å². The fourth-order valence-corrected chi connectivity index (χ4v) is 1.56. The zero-order valence-electron chi connectivity index (χ0n) is 9.60. The van der Waals surface area contributed by atoms with E-state index < -0.39 is 0 Å². The number of hydrogen-bond acceptors (Lipinski definition) is 3. The van der Waals surface area contributed by atoms with Gasteiger partial charge in [-0.25, -0.2) is 14.4 Å². The summed E-state index contributed by atoms with van der Waals surface area (Å²) in [6.07, 6.45) is 5.06. The monoisotopic (exact) mass is 231 g/mol. The molecule has 1 atom stereocenters. The summed E-state index contributed by atoms with van der Waals surface area (Å²) in [5, 5.41) is 3.33. The highest BCUT2D eigenvalue weighted by Crippen LogP contribution is 2.13. The molecule has 0 fully saturated rings. The number of aromatic nitrogens is 2. The average molecular weight is 231 g/mol. The Kier molecular flexibility index (Phi) is 3.77. The summed E-state index contributed by atoms with van der Waals surface area (Å²) in [4.78, 5) is 7.89. The molecule has 2 aromatic rings. The summed E-state index contributed by atoms with van der Waals surface area (Å²) in [5.74, 6) is -0.211. The van der Waals surface area contributed by atoms with Gasteiger partial charge in [-0.2, -0.15) is 0 Å². The first-order valence-electron chi connectivity index (χ1n) is 5.48. The van der Waals surface area contributed by atoms with Gasteiger partial charge in [-0.05, 0) is 24.6 Å². The van der Waals surface area contributed by atoms with Crippen molar-refractivity contribution in [3.05, 3.63) is 59.9 Å². The van der Waals surface area contributed by atoms with Crippen LogP contribution in [0.3, 0.4) is 0 Å². The number of rotatable bonds is 4. The van der Waals surface area contributed by atoms with E-state index in [4.69, 9.17) is 0 Å². The standard InChI is InChI=1S/C13H14FN3/c1-10(12-2-4-13(14)5-3-12)17-8-11-6-15-9-16-7-11/h2-7,9-10,17H,8H2,1H3/t10-/m0/s1. The van der Waals surface area contributed by atoms with E-state index in [1.807, 2.05) is 6.92 Å². The summed E-state index contributed by atoms with van der Waals surface area (Å²) >= 11 is 0. The highest BCUT2D eigenvalue weighted by atomic mass is 19.1. The minimum Gasteiger partial charge on any atom is -0.306 e. The van der Waals surface area contributed by atoms with E-state index in [1.54, 1.807) is 24.5 Å². The molecule has 0 bridgehead atoms. The van der Waals surface area contributed by atoms with Gasteiger partial charge in [0.2, 0.25) is 0 Å². The molecule has 2 rings (SSSR count). The number of nitrogens with one attached hydrogen (secondary N) is 1. The lowest BCUT2D eigenvalue weighted by molar-refractivity contribution is 0.569. The molecule has 0 saturated carbocycles. The van der Waals surface area contributed by atoms with Crippen LogP contribution in [-0.4, -0.2) is 9.97 Å². The summed E-state index contributed by atoms with van der Waals surface area (Å²) in [7, 11) is 0. The van der Waals surface area contributed by atoms with E-state index in [2.05, 4.69) is 15.3 Å². The smallest absolute Gasteiger partial charge is 0.123 e. The van der Waals surface area contributed by atoms with Crippen molar-refractivity contribution in [1.82, 2.24) is 15.3 Å². The molecule has 17 heavy (non-hydrogen) atoms. The second-order valence-corrected chi connectivity index (χ2v) is 3.90. The summed E-state index contributed by atoms with van der Waals surface area (Å²) < 4.78 is 12.8. The summed E-state index contributed by atoms with van der Waals surface area (Å²) in [6.45, 7) is 2.73. The maximum absolute atomic E-state index is 12.8. The van der Waals surface area contributed by atoms with Gasteiger partial charge in [-0.1, -0.05) is 12.1 Å². The SMILES string of the molecule is C[C@H](NCc1cncnc1)c1ccc(F)cc1. The fraction of sp³-hybridized carbons (Fsp3) is 0.231. The van der Waals surface area contributed by atoms with E-state index in [9.17, 15) is 4.39 Å². The van der Waals surface area contributed by atoms with Crippen LogP contribution in [0, 0.1) is 5.82 Å². The minimum atomic E-state index is -0.211. The Morgan fingerprint density at radius 2 is 1.82 bits per heavy atom. The van der Waals surface area contributed by atoms with Crippen molar-refractivity contribution in [2.24, 2.45) is 0 Å². The quantitative estimate of drug-likeness (QED) is 0.878. The van der Waals surface area contributed by atoms with E-state index in [-0.39, 0.29) is 11.9 Å². The molecule has 3 nitrogen and oxygen atoms in total. The molecule has 1 aromatic heterocycles. The van der Waals surface area contributed by atoms with Gasteiger partial charge in [0.05, 0.1) is 0 Å². The maximum Gasteiger partial charge on any atom is 0.123 e. The van der Waals surface area contributed by atoms with Crippen LogP contribution in [-0.2, 0) is 6.54 Å². The highest BCUT2D eigenvalue weighted by molar-refractivity contribution is 5.19. The molecule has 88 valence electrons. The molecule has 1 N–H and O–H groups in total. The average Bonchev–Trinajstić information content (AvgIpc) is 2.38. The van der Waals surface area contributed by atoms with Crippen molar-refractivity contribution in [1.29, 1.82) is 0 Å². The van der Waals surface area contributed by atoms with E-state index in [1.165, 1.54) is 18.5 Å². The second-order valence-electron chi connectivity index (χ2n) is 3.90. The molecule has 0 spiro atoms. The molecule has 0 saturated heterocycles. The van der Waals surface area contributed by atoms with Crippen LogP contribution in [0.25, 0.3) is 0 Å². The van der Waals surface area contributed by atoms with Gasteiger partial charge in [-0.3, -0.25) is 0 Å². The largest absolute Gasteiger partial charge is 0.306 e. The third-order valence-electron chi connectivity index (χ3n) is 2.60. The van der Waals surface area contributed by atoms with E-state index in [0.29, 0.717) is 6.54 Å². The lowest BCUT2D eigenvalue weighted by Gasteiger charge is -2.13. The molecule has 4 heteroatoms. The Labute approximate surface area is 99.7 Å². The van der Waals surface area contributed by atoms with E-state index >= 15 is 0 Å². The van der Waals surface area contributed by atoms with Gasteiger partial charge in [0.1, 0.15) is 12.1 Å². The van der Waals surface area contributed by atoms with Gasteiger partial charge in [0, 0.05) is 30.5 Å². The first kappa shape index (κ1) is 11.7. The third kappa shape index (κ3) is 3.32. The van der Waals surface area contributed by atoms with Gasteiger partial charge >= 0.3 is 0 Å². The van der Waals surface area contributed by atoms with Crippen LogP contribution >= 0.6 is 0 Å². The molecule has 0 unspecified atom stereocenters. The highest BCUT2D eigenvalue weighted by Gasteiger charge is 2.04. The van der Waals surface area contributed by atoms with Crippen LogP contribution in [0.15, 0.2) is 43.0 Å². The Morgan fingerprint density at radius 1 is 1.18 bits per heavy atom. The molecule has 0 aliphatic carbocycles. The second kappa shape index (κ2) is 5.50. The van der Waals surface area contributed by atoms with Gasteiger partial charge in [0.15, 0.2) is 0 Å². The Bertz CT molecular complexity index is 456. The van der Waals surface area contributed by atoms with Crippen molar-refractivity contribution >= 4 is 0 Å². The zero-order valence-corrected chi connectivity index (χ0v) is 9.60. The first-order chi connectivity index (χ1) is 8.25. The number of nitrogens with zero attached hydrogens (tertiary/aromatic N) is 2. The number of hydrogen-bond donors (Lipinski definition) is 1. The topological polar surface area (TPSA) is 37.8 Å². The molecule has 1 heterocycles. The molecular formula is C13H14FN3. The molecule has 0 aliphatic rings. The van der Waals surface area contributed by atoms with Crippen LogP contribution in [0.4, 0.5) is 4.39 Å². The van der Waals surface area contributed by atoms with Crippen molar-refractivity contribution in [3.8, 4) is 0 Å².